The maximum atomic E-state index is 12.5. The van der Waals surface area contributed by atoms with Crippen molar-refractivity contribution < 1.29 is 9.53 Å². The van der Waals surface area contributed by atoms with Crippen LogP contribution in [0.25, 0.3) is 0 Å². The normalized spacial score (nSPS) is 12.9. The van der Waals surface area contributed by atoms with E-state index in [1.165, 1.54) is 0 Å². The van der Waals surface area contributed by atoms with Crippen molar-refractivity contribution in [3.05, 3.63) is 61.0 Å². The molecule has 0 saturated carbocycles. The number of hydrogen-bond acceptors (Lipinski definition) is 2. The van der Waals surface area contributed by atoms with Crippen molar-refractivity contribution in [3.8, 4) is 5.75 Å². The number of Topliss-reactive ketones (excluding diaryl/α,β-unsaturated/α-hetero) is 1. The van der Waals surface area contributed by atoms with Gasteiger partial charge in [0.25, 0.3) is 0 Å². The molecule has 0 saturated heterocycles. The lowest BCUT2D eigenvalue weighted by Gasteiger charge is -2.09. The summed E-state index contributed by atoms with van der Waals surface area (Å²) in [5, 5.41) is 0.460. The van der Waals surface area contributed by atoms with Gasteiger partial charge in [0, 0.05) is 32.9 Å². The molecule has 0 radical (unpaired) electrons. The average Bonchev–Trinajstić information content (AvgIpc) is 2.86. The lowest BCUT2D eigenvalue weighted by Crippen LogP contribution is -2.06. The highest BCUT2D eigenvalue weighted by atomic mass is 79.9. The van der Waals surface area contributed by atoms with E-state index < -0.39 is 0 Å². The van der Waals surface area contributed by atoms with Crippen LogP contribution in [0.1, 0.15) is 21.5 Å². The number of ketones is 1. The molecule has 0 spiro atoms. The van der Waals surface area contributed by atoms with Crippen LogP contribution in [0.4, 0.5) is 0 Å². The van der Waals surface area contributed by atoms with Crippen LogP contribution in [0.15, 0.2) is 39.3 Å². The molecule has 0 aliphatic carbocycles. The van der Waals surface area contributed by atoms with Gasteiger partial charge in [-0.05, 0) is 35.9 Å². The third kappa shape index (κ3) is 3.17. The van der Waals surface area contributed by atoms with Gasteiger partial charge in [0.05, 0.1) is 11.6 Å². The van der Waals surface area contributed by atoms with Crippen LogP contribution in [0.5, 0.6) is 5.75 Å². The van der Waals surface area contributed by atoms with Gasteiger partial charge in [-0.1, -0.05) is 43.5 Å². The molecular weight excluding hydrogens is 419 g/mol. The van der Waals surface area contributed by atoms with Gasteiger partial charge in [-0.2, -0.15) is 0 Å². The molecule has 1 aliphatic rings. The van der Waals surface area contributed by atoms with Crippen molar-refractivity contribution >= 4 is 49.2 Å². The second-order valence-corrected chi connectivity index (χ2v) is 7.11. The van der Waals surface area contributed by atoms with E-state index in [9.17, 15) is 4.79 Å². The number of ether oxygens (including phenoxy) is 1. The summed E-state index contributed by atoms with van der Waals surface area (Å²) in [6.07, 6.45) is 1.16. The molecule has 21 heavy (non-hydrogen) atoms. The maximum Gasteiger partial charge on any atom is 0.168 e. The molecule has 0 atom stereocenters. The molecule has 0 bridgehead atoms. The minimum atomic E-state index is -0.0108. The molecule has 2 aromatic rings. The van der Waals surface area contributed by atoms with Crippen molar-refractivity contribution in [3.63, 3.8) is 0 Å². The summed E-state index contributed by atoms with van der Waals surface area (Å²) in [7, 11) is 0. The molecule has 2 aromatic carbocycles. The molecule has 3 rings (SSSR count). The Morgan fingerprint density at radius 2 is 2.00 bits per heavy atom. The zero-order chi connectivity index (χ0) is 15.0. The molecule has 0 aromatic heterocycles. The summed E-state index contributed by atoms with van der Waals surface area (Å²) >= 11 is 13.0. The molecule has 2 nitrogen and oxygen atoms in total. The van der Waals surface area contributed by atoms with E-state index in [0.29, 0.717) is 17.2 Å². The zero-order valence-corrected chi connectivity index (χ0v) is 14.9. The van der Waals surface area contributed by atoms with Crippen LogP contribution in [-0.4, -0.2) is 12.4 Å². The molecule has 108 valence electrons. The van der Waals surface area contributed by atoms with Crippen LogP contribution in [0, 0.1) is 0 Å². The molecule has 1 aliphatic heterocycles. The third-order valence-electron chi connectivity index (χ3n) is 3.41. The lowest BCUT2D eigenvalue weighted by atomic mass is 10.00. The molecule has 0 amide bonds. The molecular formula is C16H11Br2ClO2. The van der Waals surface area contributed by atoms with Gasteiger partial charge in [-0.15, -0.1) is 0 Å². The van der Waals surface area contributed by atoms with Gasteiger partial charge in [0.1, 0.15) is 5.75 Å². The second-order valence-electron chi connectivity index (χ2n) is 4.88. The van der Waals surface area contributed by atoms with Gasteiger partial charge < -0.3 is 4.74 Å². The summed E-state index contributed by atoms with van der Waals surface area (Å²) in [4.78, 5) is 12.5. The SMILES string of the molecule is O=C(Cc1cc(Br)cc2c1OCC2)c1ccc(Br)cc1Cl. The van der Waals surface area contributed by atoms with Gasteiger partial charge in [0.2, 0.25) is 0 Å². The Morgan fingerprint density at radius 1 is 1.19 bits per heavy atom. The largest absolute Gasteiger partial charge is 0.493 e. The molecule has 1 heterocycles. The Balaban J connectivity index is 1.92. The van der Waals surface area contributed by atoms with Crippen LogP contribution in [0.2, 0.25) is 5.02 Å². The van der Waals surface area contributed by atoms with E-state index in [-0.39, 0.29) is 12.2 Å². The minimum absolute atomic E-state index is 0.0108. The summed E-state index contributed by atoms with van der Waals surface area (Å²) < 4.78 is 7.48. The monoisotopic (exact) mass is 428 g/mol. The number of hydrogen-bond donors (Lipinski definition) is 0. The first-order chi connectivity index (χ1) is 10.0. The molecule has 0 unspecified atom stereocenters. The Bertz CT molecular complexity index is 728. The highest BCUT2D eigenvalue weighted by Crippen LogP contribution is 2.34. The Hall–Kier alpha value is -0.840. The van der Waals surface area contributed by atoms with Crippen LogP contribution in [-0.2, 0) is 12.8 Å². The van der Waals surface area contributed by atoms with Crippen molar-refractivity contribution in [2.75, 3.05) is 6.61 Å². The number of fused-ring (bicyclic) bond motifs is 1. The van der Waals surface area contributed by atoms with Gasteiger partial charge >= 0.3 is 0 Å². The van der Waals surface area contributed by atoms with Crippen molar-refractivity contribution in [2.45, 2.75) is 12.8 Å². The van der Waals surface area contributed by atoms with E-state index in [1.54, 1.807) is 12.1 Å². The zero-order valence-electron chi connectivity index (χ0n) is 11.0. The van der Waals surface area contributed by atoms with E-state index in [1.807, 2.05) is 18.2 Å². The topological polar surface area (TPSA) is 26.3 Å². The lowest BCUT2D eigenvalue weighted by molar-refractivity contribution is 0.0992. The molecule has 5 heteroatoms. The summed E-state index contributed by atoms with van der Waals surface area (Å²) in [5.74, 6) is 0.836. The first-order valence-electron chi connectivity index (χ1n) is 6.47. The maximum absolute atomic E-state index is 12.5. The van der Waals surface area contributed by atoms with Crippen molar-refractivity contribution in [1.29, 1.82) is 0 Å². The van der Waals surface area contributed by atoms with Crippen molar-refractivity contribution in [2.24, 2.45) is 0 Å². The highest BCUT2D eigenvalue weighted by molar-refractivity contribution is 9.10. The Labute approximate surface area is 144 Å². The summed E-state index contributed by atoms with van der Waals surface area (Å²) in [6, 6.07) is 9.28. The van der Waals surface area contributed by atoms with Crippen LogP contribution in [0.3, 0.4) is 0 Å². The van der Waals surface area contributed by atoms with E-state index in [2.05, 4.69) is 31.9 Å². The van der Waals surface area contributed by atoms with Gasteiger partial charge in [-0.3, -0.25) is 4.79 Å². The molecule has 0 fully saturated rings. The first-order valence-corrected chi connectivity index (χ1v) is 8.43. The third-order valence-corrected chi connectivity index (χ3v) is 4.67. The van der Waals surface area contributed by atoms with Gasteiger partial charge in [-0.25, -0.2) is 0 Å². The quantitative estimate of drug-likeness (QED) is 0.624. The fraction of sp³-hybridized carbons (Fsp3) is 0.188. The summed E-state index contributed by atoms with van der Waals surface area (Å²) in [6.45, 7) is 0.673. The first kappa shape index (κ1) is 15.1. The Morgan fingerprint density at radius 3 is 2.76 bits per heavy atom. The second kappa shape index (κ2) is 6.11. The number of carbonyl (C=O) groups excluding carboxylic acids is 1. The van der Waals surface area contributed by atoms with Crippen LogP contribution < -0.4 is 4.74 Å². The highest BCUT2D eigenvalue weighted by Gasteiger charge is 2.20. The number of benzene rings is 2. The predicted octanol–water partition coefficient (Wildman–Crippen LogP) is 5.23. The number of halogens is 3. The fourth-order valence-corrected chi connectivity index (χ4v) is 3.79. The fourth-order valence-electron chi connectivity index (χ4n) is 2.46. The smallest absolute Gasteiger partial charge is 0.168 e. The van der Waals surface area contributed by atoms with E-state index >= 15 is 0 Å². The summed E-state index contributed by atoms with van der Waals surface area (Å²) in [5.41, 5.74) is 2.58. The van der Waals surface area contributed by atoms with E-state index in [0.717, 1.165) is 32.2 Å². The Kier molecular flexibility index (Phi) is 4.38. The number of rotatable bonds is 3. The predicted molar refractivity (Wildman–Crippen MR) is 90.5 cm³/mol. The molecule has 0 N–H and O–H groups in total. The minimum Gasteiger partial charge on any atom is -0.493 e. The van der Waals surface area contributed by atoms with Crippen LogP contribution >= 0.6 is 43.5 Å². The standard InChI is InChI=1S/C16H11Br2ClO2/c17-11-1-2-13(14(19)8-11)15(20)7-10-6-12(18)5-9-3-4-21-16(9)10/h1-2,5-6,8H,3-4,7H2. The van der Waals surface area contributed by atoms with E-state index in [4.69, 9.17) is 16.3 Å². The van der Waals surface area contributed by atoms with Gasteiger partial charge in [0.15, 0.2) is 5.78 Å². The van der Waals surface area contributed by atoms with Crippen molar-refractivity contribution in [1.82, 2.24) is 0 Å². The number of carbonyl (C=O) groups is 1. The average molecular weight is 431 g/mol.